The molecule has 132 valence electrons. The summed E-state index contributed by atoms with van der Waals surface area (Å²) in [5.41, 5.74) is 1.69. The van der Waals surface area contributed by atoms with E-state index in [9.17, 15) is 9.59 Å². The highest BCUT2D eigenvalue weighted by atomic mass is 35.5. The van der Waals surface area contributed by atoms with Crippen LogP contribution in [0.25, 0.3) is 0 Å². The fraction of sp³-hybridized carbons (Fsp3) is 0.333. The SMILES string of the molecule is Cc1cc(NC(=O)C2CC2)sc1C(=O)N(C)Cc1ccc(Cl)cc1Cl. The van der Waals surface area contributed by atoms with Crippen LogP contribution in [0.2, 0.25) is 10.0 Å². The number of hydrogen-bond acceptors (Lipinski definition) is 3. The molecule has 1 aliphatic rings. The van der Waals surface area contributed by atoms with Crippen LogP contribution >= 0.6 is 34.5 Å². The van der Waals surface area contributed by atoms with E-state index >= 15 is 0 Å². The Hall–Kier alpha value is -1.56. The minimum Gasteiger partial charge on any atom is -0.337 e. The molecule has 0 unspecified atom stereocenters. The van der Waals surface area contributed by atoms with E-state index in [1.165, 1.54) is 11.3 Å². The molecule has 1 heterocycles. The van der Waals surface area contributed by atoms with Crippen LogP contribution in [0.4, 0.5) is 5.00 Å². The number of aryl methyl sites for hydroxylation is 1. The molecule has 0 spiro atoms. The smallest absolute Gasteiger partial charge is 0.264 e. The highest BCUT2D eigenvalue weighted by Gasteiger charge is 2.30. The van der Waals surface area contributed by atoms with Crippen molar-refractivity contribution in [3.8, 4) is 0 Å². The number of hydrogen-bond donors (Lipinski definition) is 1. The van der Waals surface area contributed by atoms with Crippen LogP contribution in [0.5, 0.6) is 0 Å². The molecule has 4 nitrogen and oxygen atoms in total. The molecule has 1 fully saturated rings. The maximum absolute atomic E-state index is 12.7. The van der Waals surface area contributed by atoms with Gasteiger partial charge in [-0.2, -0.15) is 0 Å². The normalized spacial score (nSPS) is 13.6. The van der Waals surface area contributed by atoms with Crippen LogP contribution in [0, 0.1) is 12.8 Å². The van der Waals surface area contributed by atoms with E-state index in [2.05, 4.69) is 5.32 Å². The summed E-state index contributed by atoms with van der Waals surface area (Å²) in [6.45, 7) is 2.26. The monoisotopic (exact) mass is 396 g/mol. The van der Waals surface area contributed by atoms with Gasteiger partial charge in [0.05, 0.1) is 9.88 Å². The summed E-state index contributed by atoms with van der Waals surface area (Å²) in [5.74, 6) is 0.0817. The Morgan fingerprint density at radius 1 is 1.28 bits per heavy atom. The number of anilines is 1. The van der Waals surface area contributed by atoms with Crippen molar-refractivity contribution in [2.24, 2.45) is 5.92 Å². The lowest BCUT2D eigenvalue weighted by Crippen LogP contribution is -2.26. The van der Waals surface area contributed by atoms with Gasteiger partial charge in [0.1, 0.15) is 0 Å². The predicted molar refractivity (Wildman–Crippen MR) is 103 cm³/mol. The van der Waals surface area contributed by atoms with Crippen LogP contribution < -0.4 is 5.32 Å². The van der Waals surface area contributed by atoms with Crippen LogP contribution in [0.15, 0.2) is 24.3 Å². The zero-order chi connectivity index (χ0) is 18.1. The third-order valence-electron chi connectivity index (χ3n) is 4.08. The molecule has 7 heteroatoms. The summed E-state index contributed by atoms with van der Waals surface area (Å²) in [4.78, 5) is 26.9. The lowest BCUT2D eigenvalue weighted by molar-refractivity contribution is -0.117. The highest BCUT2D eigenvalue weighted by molar-refractivity contribution is 7.18. The van der Waals surface area contributed by atoms with Crippen molar-refractivity contribution >= 4 is 51.4 Å². The minimum atomic E-state index is -0.0968. The Kier molecular flexibility index (Phi) is 5.37. The molecule has 1 saturated carbocycles. The van der Waals surface area contributed by atoms with Gasteiger partial charge >= 0.3 is 0 Å². The summed E-state index contributed by atoms with van der Waals surface area (Å²) in [6, 6.07) is 7.08. The first-order valence-electron chi connectivity index (χ1n) is 7.96. The van der Waals surface area contributed by atoms with Gasteiger partial charge in [-0.25, -0.2) is 0 Å². The van der Waals surface area contributed by atoms with Crippen molar-refractivity contribution in [3.63, 3.8) is 0 Å². The second kappa shape index (κ2) is 7.36. The summed E-state index contributed by atoms with van der Waals surface area (Å²) in [6.07, 6.45) is 1.90. The van der Waals surface area contributed by atoms with Crippen LogP contribution in [-0.2, 0) is 11.3 Å². The minimum absolute atomic E-state index is 0.0431. The average molecular weight is 397 g/mol. The quantitative estimate of drug-likeness (QED) is 0.773. The fourth-order valence-corrected chi connectivity index (χ4v) is 4.01. The maximum Gasteiger partial charge on any atom is 0.264 e. The Balaban J connectivity index is 1.71. The largest absolute Gasteiger partial charge is 0.337 e. The van der Waals surface area contributed by atoms with Gasteiger partial charge in [-0.05, 0) is 49.1 Å². The van der Waals surface area contributed by atoms with Crippen molar-refractivity contribution in [1.82, 2.24) is 4.90 Å². The van der Waals surface area contributed by atoms with Gasteiger partial charge in [-0.1, -0.05) is 29.3 Å². The molecule has 0 aliphatic heterocycles. The van der Waals surface area contributed by atoms with Gasteiger partial charge in [-0.15, -0.1) is 11.3 Å². The van der Waals surface area contributed by atoms with E-state index in [-0.39, 0.29) is 17.7 Å². The van der Waals surface area contributed by atoms with E-state index in [0.29, 0.717) is 21.5 Å². The molecule has 2 aromatic rings. The van der Waals surface area contributed by atoms with E-state index in [0.717, 1.165) is 29.0 Å². The molecular weight excluding hydrogens is 379 g/mol. The zero-order valence-electron chi connectivity index (χ0n) is 13.9. The van der Waals surface area contributed by atoms with Gasteiger partial charge in [0, 0.05) is 29.6 Å². The second-order valence-electron chi connectivity index (χ2n) is 6.28. The van der Waals surface area contributed by atoms with E-state index in [1.54, 1.807) is 24.1 Å². The molecular formula is C18H18Cl2N2O2S. The lowest BCUT2D eigenvalue weighted by atomic mass is 10.2. The molecule has 0 bridgehead atoms. The third-order valence-corrected chi connectivity index (χ3v) is 5.80. The molecule has 25 heavy (non-hydrogen) atoms. The van der Waals surface area contributed by atoms with E-state index < -0.39 is 0 Å². The number of halogens is 2. The summed E-state index contributed by atoms with van der Waals surface area (Å²) < 4.78 is 0. The van der Waals surface area contributed by atoms with Gasteiger partial charge < -0.3 is 10.2 Å². The van der Waals surface area contributed by atoms with E-state index in [4.69, 9.17) is 23.2 Å². The van der Waals surface area contributed by atoms with Crippen LogP contribution in [0.3, 0.4) is 0 Å². The highest BCUT2D eigenvalue weighted by Crippen LogP contribution is 2.33. The summed E-state index contributed by atoms with van der Waals surface area (Å²) in [7, 11) is 1.73. The van der Waals surface area contributed by atoms with Crippen molar-refractivity contribution in [1.29, 1.82) is 0 Å². The van der Waals surface area contributed by atoms with Crippen molar-refractivity contribution in [3.05, 3.63) is 50.3 Å². The number of nitrogens with one attached hydrogen (secondary N) is 1. The molecule has 0 saturated heterocycles. The van der Waals surface area contributed by atoms with Crippen LogP contribution in [-0.4, -0.2) is 23.8 Å². The molecule has 0 radical (unpaired) electrons. The lowest BCUT2D eigenvalue weighted by Gasteiger charge is -2.18. The number of nitrogens with zero attached hydrogens (tertiary/aromatic N) is 1. The first-order valence-corrected chi connectivity index (χ1v) is 9.53. The number of carbonyl (C=O) groups excluding carboxylic acids is 2. The van der Waals surface area contributed by atoms with Gasteiger partial charge in [0.2, 0.25) is 5.91 Å². The standard InChI is InChI=1S/C18H18Cl2N2O2S/c1-10-7-15(21-17(23)11-3-4-11)25-16(10)18(24)22(2)9-12-5-6-13(19)8-14(12)20/h5-8,11H,3-4,9H2,1-2H3,(H,21,23). The number of carbonyl (C=O) groups is 2. The Bertz CT molecular complexity index is 830. The molecule has 1 aromatic heterocycles. The molecule has 2 amide bonds. The van der Waals surface area contributed by atoms with Gasteiger partial charge in [0.25, 0.3) is 5.91 Å². The first-order chi connectivity index (χ1) is 11.8. The topological polar surface area (TPSA) is 49.4 Å². The third kappa shape index (κ3) is 4.35. The fourth-order valence-electron chi connectivity index (χ4n) is 2.48. The number of thiophene rings is 1. The van der Waals surface area contributed by atoms with Crippen LogP contribution in [0.1, 0.15) is 33.6 Å². The number of benzene rings is 1. The molecule has 1 aliphatic carbocycles. The number of amides is 2. The van der Waals surface area contributed by atoms with Crippen molar-refractivity contribution in [2.75, 3.05) is 12.4 Å². The Morgan fingerprint density at radius 3 is 2.64 bits per heavy atom. The average Bonchev–Trinajstić information content (AvgIpc) is 3.34. The number of rotatable bonds is 5. The Morgan fingerprint density at radius 2 is 2.00 bits per heavy atom. The van der Waals surface area contributed by atoms with Gasteiger partial charge in [0.15, 0.2) is 0 Å². The summed E-state index contributed by atoms with van der Waals surface area (Å²) in [5, 5.41) is 4.71. The van der Waals surface area contributed by atoms with E-state index in [1.807, 2.05) is 19.1 Å². The molecule has 0 atom stereocenters. The van der Waals surface area contributed by atoms with Crippen molar-refractivity contribution in [2.45, 2.75) is 26.3 Å². The van der Waals surface area contributed by atoms with Crippen molar-refractivity contribution < 1.29 is 9.59 Å². The van der Waals surface area contributed by atoms with Gasteiger partial charge in [-0.3, -0.25) is 9.59 Å². The zero-order valence-corrected chi connectivity index (χ0v) is 16.3. The predicted octanol–water partition coefficient (Wildman–Crippen LogP) is 4.98. The first kappa shape index (κ1) is 18.2. The molecule has 1 aromatic carbocycles. The Labute approximate surface area is 160 Å². The molecule has 3 rings (SSSR count). The summed E-state index contributed by atoms with van der Waals surface area (Å²) >= 11 is 13.4. The molecule has 1 N–H and O–H groups in total. The second-order valence-corrected chi connectivity index (χ2v) is 8.18. The maximum atomic E-state index is 12.7.